The second-order valence-corrected chi connectivity index (χ2v) is 6.10. The van der Waals surface area contributed by atoms with E-state index in [-0.39, 0.29) is 34.7 Å². The van der Waals surface area contributed by atoms with Crippen molar-refractivity contribution in [2.75, 3.05) is 23.3 Å². The van der Waals surface area contributed by atoms with Crippen LogP contribution < -0.4 is 10.2 Å². The Morgan fingerprint density at radius 1 is 1.31 bits per heavy atom. The summed E-state index contributed by atoms with van der Waals surface area (Å²) in [5.74, 6) is 0.353. The van der Waals surface area contributed by atoms with Gasteiger partial charge in [-0.05, 0) is 36.2 Å². The Balaban J connectivity index is 1.98. The van der Waals surface area contributed by atoms with Crippen molar-refractivity contribution in [2.45, 2.75) is 18.8 Å². The van der Waals surface area contributed by atoms with Crippen molar-refractivity contribution >= 4 is 35.1 Å². The number of anilines is 3. The van der Waals surface area contributed by atoms with Gasteiger partial charge < -0.3 is 15.6 Å². The van der Waals surface area contributed by atoms with Crippen LogP contribution in [0.4, 0.5) is 34.9 Å². The van der Waals surface area contributed by atoms with Crippen molar-refractivity contribution in [2.24, 2.45) is 0 Å². The zero-order valence-electron chi connectivity index (χ0n) is 13.3. The Hall–Kier alpha value is -2.42. The van der Waals surface area contributed by atoms with E-state index in [0.717, 1.165) is 18.3 Å². The molecule has 0 aliphatic carbocycles. The molecule has 1 fully saturated rings. The molecular formula is C16H14ClF4N5. The van der Waals surface area contributed by atoms with E-state index in [1.54, 1.807) is 4.90 Å². The molecule has 0 spiro atoms. The Kier molecular flexibility index (Phi) is 4.99. The molecule has 2 heterocycles. The van der Waals surface area contributed by atoms with E-state index >= 15 is 0 Å². The Bertz CT molecular complexity index is 827. The largest absolute Gasteiger partial charge is 0.416 e. The molecule has 0 radical (unpaired) electrons. The number of rotatable bonds is 4. The predicted molar refractivity (Wildman–Crippen MR) is 91.4 cm³/mol. The Labute approximate surface area is 151 Å². The van der Waals surface area contributed by atoms with Crippen molar-refractivity contribution < 1.29 is 17.6 Å². The van der Waals surface area contributed by atoms with Gasteiger partial charge in [-0.2, -0.15) is 23.1 Å². The summed E-state index contributed by atoms with van der Waals surface area (Å²) < 4.78 is 52.1. The van der Waals surface area contributed by atoms with E-state index in [0.29, 0.717) is 13.0 Å². The SMILES string of the molecule is N=Cc1c(Nc2cccc(C(F)(F)F)c2)nc(Cl)nc1N1CCC(F)C1. The third-order valence-electron chi connectivity index (χ3n) is 3.93. The molecule has 1 saturated heterocycles. The first-order valence-electron chi connectivity index (χ1n) is 7.69. The van der Waals surface area contributed by atoms with E-state index in [1.807, 2.05) is 0 Å². The molecule has 26 heavy (non-hydrogen) atoms. The minimum atomic E-state index is -4.48. The number of nitrogens with zero attached hydrogens (tertiary/aromatic N) is 3. The highest BCUT2D eigenvalue weighted by Crippen LogP contribution is 2.33. The van der Waals surface area contributed by atoms with Gasteiger partial charge in [0.1, 0.15) is 17.8 Å². The van der Waals surface area contributed by atoms with E-state index in [1.165, 1.54) is 12.1 Å². The van der Waals surface area contributed by atoms with Gasteiger partial charge in [0.15, 0.2) is 0 Å². The van der Waals surface area contributed by atoms with Gasteiger partial charge in [0, 0.05) is 18.4 Å². The first kappa shape index (κ1) is 18.4. The summed E-state index contributed by atoms with van der Waals surface area (Å²) in [4.78, 5) is 9.67. The number of nitrogens with one attached hydrogen (secondary N) is 2. The van der Waals surface area contributed by atoms with Crippen molar-refractivity contribution in [1.82, 2.24) is 9.97 Å². The van der Waals surface area contributed by atoms with Crippen LogP contribution in [0.2, 0.25) is 5.28 Å². The molecule has 2 aromatic rings. The lowest BCUT2D eigenvalue weighted by atomic mass is 10.2. The Morgan fingerprint density at radius 2 is 2.08 bits per heavy atom. The van der Waals surface area contributed by atoms with Crippen LogP contribution in [0.1, 0.15) is 17.5 Å². The lowest BCUT2D eigenvalue weighted by Gasteiger charge is -2.20. The standard InChI is InChI=1S/C16H14ClF4N5/c17-15-24-13(23-11-3-1-2-9(6-11)16(19,20)21)12(7-22)14(25-15)26-5-4-10(18)8-26/h1-3,6-7,10,22H,4-5,8H2,(H,23,24,25). The fourth-order valence-electron chi connectivity index (χ4n) is 2.72. The van der Waals surface area contributed by atoms with E-state index in [9.17, 15) is 17.6 Å². The van der Waals surface area contributed by atoms with Crippen LogP contribution in [0.15, 0.2) is 24.3 Å². The molecular weight excluding hydrogens is 374 g/mol. The summed E-state index contributed by atoms with van der Waals surface area (Å²) in [7, 11) is 0. The molecule has 1 unspecified atom stereocenters. The van der Waals surface area contributed by atoms with Crippen molar-refractivity contribution in [3.63, 3.8) is 0 Å². The number of aromatic nitrogens is 2. The number of hydrogen-bond acceptors (Lipinski definition) is 5. The highest BCUT2D eigenvalue weighted by Gasteiger charge is 2.31. The molecule has 1 atom stereocenters. The lowest BCUT2D eigenvalue weighted by molar-refractivity contribution is -0.137. The molecule has 0 saturated carbocycles. The van der Waals surface area contributed by atoms with Crippen LogP contribution in [0.5, 0.6) is 0 Å². The lowest BCUT2D eigenvalue weighted by Crippen LogP contribution is -2.23. The van der Waals surface area contributed by atoms with E-state index < -0.39 is 17.9 Å². The average Bonchev–Trinajstić information content (AvgIpc) is 3.00. The number of hydrogen-bond donors (Lipinski definition) is 2. The van der Waals surface area contributed by atoms with Crippen LogP contribution in [-0.2, 0) is 6.18 Å². The van der Waals surface area contributed by atoms with E-state index in [2.05, 4.69) is 15.3 Å². The van der Waals surface area contributed by atoms with Crippen LogP contribution in [-0.4, -0.2) is 35.4 Å². The van der Waals surface area contributed by atoms with Crippen molar-refractivity contribution in [3.05, 3.63) is 40.7 Å². The second-order valence-electron chi connectivity index (χ2n) is 5.76. The van der Waals surface area contributed by atoms with Gasteiger partial charge in [0.25, 0.3) is 0 Å². The van der Waals surface area contributed by atoms with Gasteiger partial charge in [0.2, 0.25) is 5.28 Å². The summed E-state index contributed by atoms with van der Waals surface area (Å²) in [5, 5.41) is 10.2. The fourth-order valence-corrected chi connectivity index (χ4v) is 2.88. The number of halogens is 5. The highest BCUT2D eigenvalue weighted by atomic mass is 35.5. The first-order chi connectivity index (χ1) is 12.3. The molecule has 0 amide bonds. The van der Waals surface area contributed by atoms with Crippen LogP contribution in [0.3, 0.4) is 0 Å². The van der Waals surface area contributed by atoms with Crippen molar-refractivity contribution in [3.8, 4) is 0 Å². The van der Waals surface area contributed by atoms with Crippen LogP contribution >= 0.6 is 11.6 Å². The summed E-state index contributed by atoms with van der Waals surface area (Å²) in [6.45, 7) is 0.509. The molecule has 5 nitrogen and oxygen atoms in total. The third kappa shape index (κ3) is 3.87. The van der Waals surface area contributed by atoms with Crippen LogP contribution in [0, 0.1) is 5.41 Å². The summed E-state index contributed by atoms with van der Waals surface area (Å²) >= 11 is 5.93. The molecule has 1 aliphatic rings. The third-order valence-corrected chi connectivity index (χ3v) is 4.09. The topological polar surface area (TPSA) is 64.9 Å². The molecule has 138 valence electrons. The normalized spacial score (nSPS) is 17.4. The molecule has 0 bridgehead atoms. The zero-order valence-corrected chi connectivity index (χ0v) is 14.1. The minimum Gasteiger partial charge on any atom is -0.353 e. The molecule has 3 rings (SSSR count). The quantitative estimate of drug-likeness (QED) is 0.462. The zero-order chi connectivity index (χ0) is 18.9. The monoisotopic (exact) mass is 387 g/mol. The van der Waals surface area contributed by atoms with Crippen molar-refractivity contribution in [1.29, 1.82) is 5.41 Å². The van der Waals surface area contributed by atoms with Gasteiger partial charge in [0.05, 0.1) is 17.7 Å². The second kappa shape index (κ2) is 7.06. The summed E-state index contributed by atoms with van der Waals surface area (Å²) in [6.07, 6.45) is -4.20. The first-order valence-corrected chi connectivity index (χ1v) is 8.07. The summed E-state index contributed by atoms with van der Waals surface area (Å²) in [6, 6.07) is 4.57. The van der Waals surface area contributed by atoms with Gasteiger partial charge in [-0.15, -0.1) is 0 Å². The van der Waals surface area contributed by atoms with Gasteiger partial charge in [-0.3, -0.25) is 0 Å². The molecule has 1 aromatic carbocycles. The average molecular weight is 388 g/mol. The number of benzene rings is 1. The van der Waals surface area contributed by atoms with Gasteiger partial charge in [-0.25, -0.2) is 4.39 Å². The van der Waals surface area contributed by atoms with E-state index in [4.69, 9.17) is 17.0 Å². The number of alkyl halides is 4. The smallest absolute Gasteiger partial charge is 0.353 e. The maximum Gasteiger partial charge on any atom is 0.416 e. The maximum atomic E-state index is 13.5. The van der Waals surface area contributed by atoms with Gasteiger partial charge >= 0.3 is 6.18 Å². The minimum absolute atomic E-state index is 0.0802. The van der Waals surface area contributed by atoms with Crippen LogP contribution in [0.25, 0.3) is 0 Å². The summed E-state index contributed by atoms with van der Waals surface area (Å²) in [5.41, 5.74) is -0.464. The molecule has 10 heteroatoms. The van der Waals surface area contributed by atoms with Gasteiger partial charge in [-0.1, -0.05) is 6.07 Å². The maximum absolute atomic E-state index is 13.5. The molecule has 2 N–H and O–H groups in total. The Morgan fingerprint density at radius 3 is 2.69 bits per heavy atom. The highest BCUT2D eigenvalue weighted by molar-refractivity contribution is 6.28. The molecule has 1 aliphatic heterocycles. The predicted octanol–water partition coefficient (Wildman–Crippen LogP) is 4.44. The molecule has 1 aromatic heterocycles. The fraction of sp³-hybridized carbons (Fsp3) is 0.312.